The van der Waals surface area contributed by atoms with Crippen molar-refractivity contribution in [2.45, 2.75) is 38.8 Å². The average Bonchev–Trinajstić information content (AvgIpc) is 2.71. The minimum atomic E-state index is -4.44. The molecule has 2 rings (SSSR count). The van der Waals surface area contributed by atoms with E-state index < -0.39 is 11.7 Å². The quantitative estimate of drug-likeness (QED) is 0.721. The van der Waals surface area contributed by atoms with Gasteiger partial charge in [-0.15, -0.1) is 0 Å². The number of nitrogens with zero attached hydrogens (tertiary/aromatic N) is 1. The SMILES string of the molecule is CCCNC(=O)CCNC(=O)C1CCN(C(=O)c2ccc(C(F)(F)F)cc2)CC1. The van der Waals surface area contributed by atoms with Crippen molar-refractivity contribution in [1.82, 2.24) is 15.5 Å². The van der Waals surface area contributed by atoms with Crippen LogP contribution in [0.3, 0.4) is 0 Å². The predicted molar refractivity (Wildman–Crippen MR) is 101 cm³/mol. The Morgan fingerprint density at radius 2 is 1.66 bits per heavy atom. The Bertz CT molecular complexity index is 712. The molecule has 0 bridgehead atoms. The normalized spacial score (nSPS) is 15.1. The molecule has 1 aliphatic rings. The fraction of sp³-hybridized carbons (Fsp3) is 0.550. The van der Waals surface area contributed by atoms with Gasteiger partial charge in [0.2, 0.25) is 11.8 Å². The number of rotatable bonds is 7. The predicted octanol–water partition coefficient (Wildman–Crippen LogP) is 2.59. The van der Waals surface area contributed by atoms with Gasteiger partial charge in [-0.05, 0) is 43.5 Å². The number of hydrogen-bond acceptors (Lipinski definition) is 3. The number of amides is 3. The van der Waals surface area contributed by atoms with Gasteiger partial charge in [0.1, 0.15) is 0 Å². The molecule has 0 atom stereocenters. The lowest BCUT2D eigenvalue weighted by Crippen LogP contribution is -2.43. The largest absolute Gasteiger partial charge is 0.416 e. The van der Waals surface area contributed by atoms with E-state index in [1.807, 2.05) is 6.92 Å². The first-order valence-electron chi connectivity index (χ1n) is 9.73. The standard InChI is InChI=1S/C20H26F3N3O3/c1-2-10-24-17(27)7-11-25-18(28)14-8-12-26(13-9-14)19(29)15-3-5-16(6-4-15)20(21,22)23/h3-6,14H,2,7-13H2,1H3,(H,24,27)(H,25,28). The van der Waals surface area contributed by atoms with Crippen molar-refractivity contribution in [3.63, 3.8) is 0 Å². The summed E-state index contributed by atoms with van der Waals surface area (Å²) in [6, 6.07) is 4.13. The smallest absolute Gasteiger partial charge is 0.356 e. The molecular weight excluding hydrogens is 387 g/mol. The lowest BCUT2D eigenvalue weighted by Gasteiger charge is -2.31. The van der Waals surface area contributed by atoms with Crippen molar-refractivity contribution >= 4 is 17.7 Å². The topological polar surface area (TPSA) is 78.5 Å². The van der Waals surface area contributed by atoms with E-state index in [-0.39, 0.29) is 42.2 Å². The molecule has 2 N–H and O–H groups in total. The molecular formula is C20H26F3N3O3. The number of alkyl halides is 3. The van der Waals surface area contributed by atoms with Gasteiger partial charge in [-0.3, -0.25) is 14.4 Å². The first kappa shape index (κ1) is 22.7. The van der Waals surface area contributed by atoms with Crippen LogP contribution in [0.25, 0.3) is 0 Å². The maximum absolute atomic E-state index is 12.6. The van der Waals surface area contributed by atoms with Gasteiger partial charge in [0.25, 0.3) is 5.91 Å². The van der Waals surface area contributed by atoms with Crippen LogP contribution in [0.1, 0.15) is 48.5 Å². The summed E-state index contributed by atoms with van der Waals surface area (Å²) in [5, 5.41) is 5.48. The lowest BCUT2D eigenvalue weighted by molar-refractivity contribution is -0.137. The zero-order valence-electron chi connectivity index (χ0n) is 16.3. The molecule has 1 heterocycles. The van der Waals surface area contributed by atoms with E-state index >= 15 is 0 Å². The number of benzene rings is 1. The highest BCUT2D eigenvalue weighted by molar-refractivity contribution is 5.94. The van der Waals surface area contributed by atoms with Crippen LogP contribution < -0.4 is 10.6 Å². The highest BCUT2D eigenvalue weighted by Gasteiger charge is 2.31. The van der Waals surface area contributed by atoms with Gasteiger partial charge in [-0.1, -0.05) is 6.92 Å². The summed E-state index contributed by atoms with van der Waals surface area (Å²) in [4.78, 5) is 37.8. The maximum atomic E-state index is 12.6. The molecule has 0 spiro atoms. The summed E-state index contributed by atoms with van der Waals surface area (Å²) in [6.45, 7) is 3.54. The molecule has 29 heavy (non-hydrogen) atoms. The Morgan fingerprint density at radius 1 is 1.03 bits per heavy atom. The first-order chi connectivity index (χ1) is 13.7. The number of carbonyl (C=O) groups is 3. The molecule has 0 aromatic heterocycles. The summed E-state index contributed by atoms with van der Waals surface area (Å²) in [7, 11) is 0. The zero-order chi connectivity index (χ0) is 21.4. The van der Waals surface area contributed by atoms with E-state index in [9.17, 15) is 27.6 Å². The highest BCUT2D eigenvalue weighted by Crippen LogP contribution is 2.29. The summed E-state index contributed by atoms with van der Waals surface area (Å²) < 4.78 is 37.9. The molecule has 0 radical (unpaired) electrons. The fourth-order valence-electron chi connectivity index (χ4n) is 3.13. The van der Waals surface area contributed by atoms with Crippen molar-refractivity contribution in [2.24, 2.45) is 5.92 Å². The third-order valence-electron chi connectivity index (χ3n) is 4.84. The summed E-state index contributed by atoms with van der Waals surface area (Å²) in [5.74, 6) is -0.838. The minimum absolute atomic E-state index is 0.107. The van der Waals surface area contributed by atoms with E-state index in [0.717, 1.165) is 18.6 Å². The van der Waals surface area contributed by atoms with Crippen LogP contribution in [0.2, 0.25) is 0 Å². The first-order valence-corrected chi connectivity index (χ1v) is 9.73. The molecule has 1 aliphatic heterocycles. The molecule has 0 aliphatic carbocycles. The third kappa shape index (κ3) is 6.76. The molecule has 160 valence electrons. The number of nitrogens with one attached hydrogen (secondary N) is 2. The lowest BCUT2D eigenvalue weighted by atomic mass is 9.95. The number of halogens is 3. The second-order valence-electron chi connectivity index (χ2n) is 7.03. The number of likely N-dealkylation sites (tertiary alicyclic amines) is 1. The van der Waals surface area contributed by atoms with Gasteiger partial charge >= 0.3 is 6.18 Å². The Balaban J connectivity index is 1.77. The van der Waals surface area contributed by atoms with Crippen LogP contribution in [-0.4, -0.2) is 48.8 Å². The Kier molecular flexibility index (Phi) is 8.04. The van der Waals surface area contributed by atoms with Crippen LogP contribution in [0.4, 0.5) is 13.2 Å². The molecule has 3 amide bonds. The molecule has 1 aromatic carbocycles. The minimum Gasteiger partial charge on any atom is -0.356 e. The average molecular weight is 413 g/mol. The van der Waals surface area contributed by atoms with Gasteiger partial charge < -0.3 is 15.5 Å². The van der Waals surface area contributed by atoms with Gasteiger partial charge in [0, 0.05) is 44.1 Å². The van der Waals surface area contributed by atoms with Crippen LogP contribution in [-0.2, 0) is 15.8 Å². The summed E-state index contributed by atoms with van der Waals surface area (Å²) >= 11 is 0. The van der Waals surface area contributed by atoms with Gasteiger partial charge in [-0.25, -0.2) is 0 Å². The fourth-order valence-corrected chi connectivity index (χ4v) is 3.13. The third-order valence-corrected chi connectivity index (χ3v) is 4.84. The van der Waals surface area contributed by atoms with Crippen molar-refractivity contribution < 1.29 is 27.6 Å². The van der Waals surface area contributed by atoms with E-state index in [0.29, 0.717) is 32.5 Å². The number of carbonyl (C=O) groups excluding carboxylic acids is 3. The number of hydrogen-bond donors (Lipinski definition) is 2. The van der Waals surface area contributed by atoms with E-state index in [1.165, 1.54) is 12.1 Å². The Morgan fingerprint density at radius 3 is 2.21 bits per heavy atom. The van der Waals surface area contributed by atoms with Crippen molar-refractivity contribution in [3.8, 4) is 0 Å². The molecule has 6 nitrogen and oxygen atoms in total. The maximum Gasteiger partial charge on any atom is 0.416 e. The van der Waals surface area contributed by atoms with Crippen LogP contribution >= 0.6 is 0 Å². The van der Waals surface area contributed by atoms with Gasteiger partial charge in [0.05, 0.1) is 5.56 Å². The summed E-state index contributed by atoms with van der Waals surface area (Å²) in [6.07, 6.45) is -2.43. The van der Waals surface area contributed by atoms with E-state index in [1.54, 1.807) is 4.90 Å². The Hall–Kier alpha value is -2.58. The summed E-state index contributed by atoms with van der Waals surface area (Å²) in [5.41, 5.74) is -0.605. The second kappa shape index (κ2) is 10.3. The Labute approximate surface area is 167 Å². The van der Waals surface area contributed by atoms with Crippen LogP contribution in [0, 0.1) is 5.92 Å². The molecule has 1 saturated heterocycles. The van der Waals surface area contributed by atoms with Crippen molar-refractivity contribution in [3.05, 3.63) is 35.4 Å². The second-order valence-corrected chi connectivity index (χ2v) is 7.03. The zero-order valence-corrected chi connectivity index (χ0v) is 16.3. The number of piperidine rings is 1. The van der Waals surface area contributed by atoms with Crippen LogP contribution in [0.15, 0.2) is 24.3 Å². The molecule has 9 heteroatoms. The monoisotopic (exact) mass is 413 g/mol. The van der Waals surface area contributed by atoms with Crippen molar-refractivity contribution in [1.29, 1.82) is 0 Å². The molecule has 0 saturated carbocycles. The van der Waals surface area contributed by atoms with Gasteiger partial charge in [-0.2, -0.15) is 13.2 Å². The van der Waals surface area contributed by atoms with Gasteiger partial charge in [0.15, 0.2) is 0 Å². The van der Waals surface area contributed by atoms with Crippen molar-refractivity contribution in [2.75, 3.05) is 26.2 Å². The molecule has 0 unspecified atom stereocenters. The van der Waals surface area contributed by atoms with E-state index in [4.69, 9.17) is 0 Å². The van der Waals surface area contributed by atoms with Crippen LogP contribution in [0.5, 0.6) is 0 Å². The highest BCUT2D eigenvalue weighted by atomic mass is 19.4. The molecule has 1 aromatic rings. The molecule has 1 fully saturated rings. The van der Waals surface area contributed by atoms with E-state index in [2.05, 4.69) is 10.6 Å².